The first-order chi connectivity index (χ1) is 14.3. The second-order valence-corrected chi connectivity index (χ2v) is 8.20. The number of benzene rings is 2. The maximum absolute atomic E-state index is 12.7. The number of carbonyl (C=O) groups is 1. The third-order valence-electron chi connectivity index (χ3n) is 4.35. The minimum absolute atomic E-state index is 0.0969. The summed E-state index contributed by atoms with van der Waals surface area (Å²) >= 11 is 0. The SMILES string of the molecule is CCCCOC(=O)[C@@H](CCCc1ccccc1)OS(=O)(=O)c1ccccc1[N+](=O)[O-]. The van der Waals surface area contributed by atoms with Gasteiger partial charge in [0.15, 0.2) is 11.0 Å². The molecule has 0 radical (unpaired) electrons. The van der Waals surface area contributed by atoms with E-state index in [9.17, 15) is 23.3 Å². The van der Waals surface area contributed by atoms with Crippen molar-refractivity contribution < 1.29 is 27.1 Å². The molecule has 0 N–H and O–H groups in total. The summed E-state index contributed by atoms with van der Waals surface area (Å²) in [5.41, 5.74) is 0.428. The van der Waals surface area contributed by atoms with E-state index in [1.807, 2.05) is 37.3 Å². The van der Waals surface area contributed by atoms with Crippen molar-refractivity contribution in [2.24, 2.45) is 0 Å². The smallest absolute Gasteiger partial charge is 0.336 e. The minimum Gasteiger partial charge on any atom is -0.464 e. The van der Waals surface area contributed by atoms with Crippen LogP contribution in [0.5, 0.6) is 0 Å². The van der Waals surface area contributed by atoms with E-state index in [4.69, 9.17) is 8.92 Å². The first kappa shape index (κ1) is 23.5. The number of para-hydroxylation sites is 1. The van der Waals surface area contributed by atoms with Gasteiger partial charge in [0, 0.05) is 6.07 Å². The largest absolute Gasteiger partial charge is 0.464 e. The lowest BCUT2D eigenvalue weighted by atomic mass is 10.1. The normalized spacial score (nSPS) is 12.3. The number of ether oxygens (including phenoxy) is 1. The van der Waals surface area contributed by atoms with Crippen molar-refractivity contribution in [2.45, 2.75) is 50.0 Å². The molecule has 9 heteroatoms. The molecule has 0 amide bonds. The predicted octanol–water partition coefficient (Wildman–Crippen LogP) is 4.03. The zero-order chi connectivity index (χ0) is 22.0. The summed E-state index contributed by atoms with van der Waals surface area (Å²) in [6, 6.07) is 14.4. The topological polar surface area (TPSA) is 113 Å². The van der Waals surface area contributed by atoms with Crippen molar-refractivity contribution in [3.63, 3.8) is 0 Å². The van der Waals surface area contributed by atoms with Gasteiger partial charge < -0.3 is 4.74 Å². The average Bonchev–Trinajstić information content (AvgIpc) is 2.73. The van der Waals surface area contributed by atoms with Gasteiger partial charge in [-0.15, -0.1) is 0 Å². The van der Waals surface area contributed by atoms with Crippen molar-refractivity contribution in [1.82, 2.24) is 0 Å². The molecule has 0 unspecified atom stereocenters. The molecule has 0 spiro atoms. The lowest BCUT2D eigenvalue weighted by Gasteiger charge is -2.17. The van der Waals surface area contributed by atoms with Crippen LogP contribution in [0.15, 0.2) is 59.5 Å². The van der Waals surface area contributed by atoms with E-state index in [-0.39, 0.29) is 13.0 Å². The van der Waals surface area contributed by atoms with Gasteiger partial charge in [0.1, 0.15) is 0 Å². The molecule has 8 nitrogen and oxygen atoms in total. The van der Waals surface area contributed by atoms with Crippen LogP contribution in [0, 0.1) is 10.1 Å². The number of hydrogen-bond acceptors (Lipinski definition) is 7. The van der Waals surface area contributed by atoms with Crippen molar-refractivity contribution in [1.29, 1.82) is 0 Å². The molecule has 0 aliphatic carbocycles. The first-order valence-corrected chi connectivity index (χ1v) is 11.1. The maximum atomic E-state index is 12.7. The van der Waals surface area contributed by atoms with Gasteiger partial charge in [-0.3, -0.25) is 14.3 Å². The Morgan fingerprint density at radius 1 is 1.07 bits per heavy atom. The van der Waals surface area contributed by atoms with Gasteiger partial charge in [-0.2, -0.15) is 8.42 Å². The Bertz CT molecular complexity index is 945. The van der Waals surface area contributed by atoms with Crippen LogP contribution in [0.4, 0.5) is 5.69 Å². The Balaban J connectivity index is 2.16. The quantitative estimate of drug-likeness (QED) is 0.163. The van der Waals surface area contributed by atoms with Gasteiger partial charge in [-0.1, -0.05) is 55.8 Å². The molecule has 2 aromatic carbocycles. The van der Waals surface area contributed by atoms with Crippen molar-refractivity contribution in [3.05, 3.63) is 70.3 Å². The molecule has 0 fully saturated rings. The van der Waals surface area contributed by atoms with Crippen LogP contribution in [-0.2, 0) is 30.3 Å². The minimum atomic E-state index is -4.55. The van der Waals surface area contributed by atoms with Crippen LogP contribution in [0.1, 0.15) is 38.2 Å². The molecule has 0 saturated carbocycles. The van der Waals surface area contributed by atoms with E-state index in [2.05, 4.69) is 0 Å². The van der Waals surface area contributed by atoms with Crippen LogP contribution >= 0.6 is 0 Å². The molecule has 0 aromatic heterocycles. The lowest BCUT2D eigenvalue weighted by molar-refractivity contribution is -0.387. The number of carbonyl (C=O) groups excluding carboxylic acids is 1. The van der Waals surface area contributed by atoms with Gasteiger partial charge in [-0.25, -0.2) is 4.79 Å². The number of esters is 1. The molecule has 2 aromatic rings. The highest BCUT2D eigenvalue weighted by atomic mass is 32.2. The highest BCUT2D eigenvalue weighted by molar-refractivity contribution is 7.87. The average molecular weight is 435 g/mol. The summed E-state index contributed by atoms with van der Waals surface area (Å²) in [5, 5.41) is 11.2. The van der Waals surface area contributed by atoms with Crippen LogP contribution in [0.25, 0.3) is 0 Å². The van der Waals surface area contributed by atoms with Crippen LogP contribution < -0.4 is 0 Å². The molecular weight excluding hydrogens is 410 g/mol. The van der Waals surface area contributed by atoms with Crippen LogP contribution in [-0.4, -0.2) is 32.0 Å². The van der Waals surface area contributed by atoms with Gasteiger partial charge in [0.25, 0.3) is 5.69 Å². The Morgan fingerprint density at radius 3 is 2.40 bits per heavy atom. The van der Waals surface area contributed by atoms with E-state index >= 15 is 0 Å². The van der Waals surface area contributed by atoms with Gasteiger partial charge in [-0.05, 0) is 37.3 Å². The van der Waals surface area contributed by atoms with Gasteiger partial charge in [0.05, 0.1) is 11.5 Å². The molecule has 0 heterocycles. The molecule has 0 saturated heterocycles. The van der Waals surface area contributed by atoms with Crippen molar-refractivity contribution in [2.75, 3.05) is 6.61 Å². The van der Waals surface area contributed by atoms with Gasteiger partial charge in [0.2, 0.25) is 0 Å². The Morgan fingerprint density at radius 2 is 1.73 bits per heavy atom. The molecule has 30 heavy (non-hydrogen) atoms. The third-order valence-corrected chi connectivity index (χ3v) is 5.72. The third kappa shape index (κ3) is 6.93. The fourth-order valence-electron chi connectivity index (χ4n) is 2.78. The second kappa shape index (κ2) is 11.4. The fraction of sp³-hybridized carbons (Fsp3) is 0.381. The van der Waals surface area contributed by atoms with E-state index in [0.717, 1.165) is 24.1 Å². The summed E-state index contributed by atoms with van der Waals surface area (Å²) in [6.07, 6.45) is 1.26. The van der Waals surface area contributed by atoms with E-state index in [0.29, 0.717) is 19.3 Å². The lowest BCUT2D eigenvalue weighted by Crippen LogP contribution is -2.30. The molecule has 0 aliphatic heterocycles. The summed E-state index contributed by atoms with van der Waals surface area (Å²) < 4.78 is 35.7. The molecule has 1 atom stereocenters. The fourth-order valence-corrected chi connectivity index (χ4v) is 4.00. The van der Waals surface area contributed by atoms with Crippen LogP contribution in [0.2, 0.25) is 0 Å². The number of unbranched alkanes of at least 4 members (excludes halogenated alkanes) is 1. The van der Waals surface area contributed by atoms with E-state index in [1.54, 1.807) is 0 Å². The zero-order valence-electron chi connectivity index (χ0n) is 16.7. The standard InChI is InChI=1S/C21H25NO7S/c1-2-3-16-28-21(23)19(14-9-12-17-10-5-4-6-11-17)29-30(26,27)20-15-8-7-13-18(20)22(24)25/h4-8,10-11,13,15,19H,2-3,9,12,14,16H2,1H3/t19-/m1/s1. The maximum Gasteiger partial charge on any atom is 0.336 e. The zero-order valence-corrected chi connectivity index (χ0v) is 17.5. The number of nitro benzene ring substituents is 1. The number of hydrogen-bond donors (Lipinski definition) is 0. The van der Waals surface area contributed by atoms with E-state index < -0.39 is 37.7 Å². The molecule has 2 rings (SSSR count). The Labute approximate surface area is 176 Å². The number of rotatable bonds is 12. The molecule has 0 aliphatic rings. The Kier molecular flexibility index (Phi) is 8.94. The van der Waals surface area contributed by atoms with E-state index in [1.165, 1.54) is 12.1 Å². The summed E-state index contributed by atoms with van der Waals surface area (Å²) in [4.78, 5) is 22.2. The second-order valence-electron chi connectivity index (χ2n) is 6.66. The molecular formula is C21H25NO7S. The highest BCUT2D eigenvalue weighted by Crippen LogP contribution is 2.26. The first-order valence-electron chi connectivity index (χ1n) is 9.72. The number of aryl methyl sites for hydroxylation is 1. The number of nitrogens with zero attached hydrogens (tertiary/aromatic N) is 1. The molecule has 162 valence electrons. The molecule has 0 bridgehead atoms. The predicted molar refractivity (Wildman–Crippen MR) is 110 cm³/mol. The summed E-state index contributed by atoms with van der Waals surface area (Å²) in [5.74, 6) is -0.793. The highest BCUT2D eigenvalue weighted by Gasteiger charge is 2.32. The van der Waals surface area contributed by atoms with Crippen LogP contribution in [0.3, 0.4) is 0 Å². The monoisotopic (exact) mass is 435 g/mol. The van der Waals surface area contributed by atoms with Crippen molar-refractivity contribution in [3.8, 4) is 0 Å². The summed E-state index contributed by atoms with van der Waals surface area (Å²) in [6.45, 7) is 2.08. The van der Waals surface area contributed by atoms with Crippen molar-refractivity contribution >= 4 is 21.8 Å². The van der Waals surface area contributed by atoms with Gasteiger partial charge >= 0.3 is 16.1 Å². The Hall–Kier alpha value is -2.78. The summed E-state index contributed by atoms with van der Waals surface area (Å²) in [7, 11) is -4.55. The number of nitro groups is 1.